The highest BCUT2D eigenvalue weighted by molar-refractivity contribution is 5.91. The Labute approximate surface area is 359 Å². The minimum absolute atomic E-state index is 0.0896. The first kappa shape index (κ1) is 35.7. The molecule has 1 nitrogen and oxygen atoms in total. The van der Waals surface area contributed by atoms with Gasteiger partial charge < -0.3 is 4.90 Å². The molecule has 1 spiro atoms. The van der Waals surface area contributed by atoms with E-state index in [-0.39, 0.29) is 10.8 Å². The molecule has 3 aliphatic carbocycles. The minimum atomic E-state index is -0.165. The second-order valence-corrected chi connectivity index (χ2v) is 17.6. The molecule has 1 atom stereocenters. The van der Waals surface area contributed by atoms with Crippen molar-refractivity contribution >= 4 is 17.1 Å². The topological polar surface area (TPSA) is 3.24 Å². The van der Waals surface area contributed by atoms with Gasteiger partial charge in [-0.2, -0.15) is 0 Å². The van der Waals surface area contributed by atoms with Crippen molar-refractivity contribution in [2.75, 3.05) is 4.90 Å². The molecule has 1 heteroatoms. The Balaban J connectivity index is 0.977. The number of fused-ring (bicyclic) bond motifs is 10. The van der Waals surface area contributed by atoms with Gasteiger partial charge in [-0.3, -0.25) is 0 Å². The SMILES string of the molecule is CC1(C)c2ccccc2-c2cccc(-c3ccc(N(c4ccc(-c5ccc(-c6ccccc6)cc5)cc4)c4ccc5c(c4)C4(CCc6ccccc64)c4ccccc4-5)cc3)c21. The summed E-state index contributed by atoms with van der Waals surface area (Å²) < 4.78 is 0. The number of nitrogens with zero attached hydrogens (tertiary/aromatic N) is 1. The standard InChI is InChI=1S/C60H45N/c1-59(2)55-21-10-7-17-51(55)53-19-12-18-49(58(53)59)44-29-33-47(34-30-44)61(46-31-27-43(28-32-46)42-25-23-41(24-26-42)40-13-4-3-5-14-40)48-35-36-52-50-16-8-11-22-56(50)60(57(52)39-48)38-37-45-15-6-9-20-54(45)60/h3-36,39H,37-38H2,1-2H3. The van der Waals surface area contributed by atoms with Gasteiger partial charge in [-0.25, -0.2) is 0 Å². The normalized spacial score (nSPS) is 16.1. The molecule has 9 aromatic rings. The molecule has 0 bridgehead atoms. The summed E-state index contributed by atoms with van der Waals surface area (Å²) in [5.74, 6) is 0. The van der Waals surface area contributed by atoms with Gasteiger partial charge in [-0.05, 0) is 138 Å². The molecule has 0 radical (unpaired) electrons. The molecule has 1 unspecified atom stereocenters. The van der Waals surface area contributed by atoms with Crippen molar-refractivity contribution in [2.24, 2.45) is 0 Å². The maximum Gasteiger partial charge on any atom is 0.0470 e. The highest BCUT2D eigenvalue weighted by Gasteiger charge is 2.48. The van der Waals surface area contributed by atoms with Crippen LogP contribution < -0.4 is 4.90 Å². The summed E-state index contributed by atoms with van der Waals surface area (Å²) in [6, 6.07) is 79.2. The van der Waals surface area contributed by atoms with Crippen LogP contribution in [0.4, 0.5) is 17.1 Å². The fourth-order valence-electron chi connectivity index (χ4n) is 11.3. The lowest BCUT2D eigenvalue weighted by atomic mass is 9.73. The van der Waals surface area contributed by atoms with Gasteiger partial charge in [0.25, 0.3) is 0 Å². The Hall–Kier alpha value is -7.22. The maximum absolute atomic E-state index is 2.51. The third-order valence-corrected chi connectivity index (χ3v) is 14.1. The average Bonchev–Trinajstić information content (AvgIpc) is 3.93. The number of hydrogen-bond donors (Lipinski definition) is 0. The predicted octanol–water partition coefficient (Wildman–Crippen LogP) is 15.7. The summed E-state index contributed by atoms with van der Waals surface area (Å²) in [6.07, 6.45) is 2.16. The molecule has 0 saturated heterocycles. The second kappa shape index (κ2) is 13.7. The molecule has 0 saturated carbocycles. The van der Waals surface area contributed by atoms with Crippen LogP contribution in [0.2, 0.25) is 0 Å². The Kier molecular flexibility index (Phi) is 7.99. The number of aryl methyl sites for hydroxylation is 1. The van der Waals surface area contributed by atoms with Gasteiger partial charge in [-0.1, -0.05) is 190 Å². The van der Waals surface area contributed by atoms with Crippen molar-refractivity contribution in [3.05, 3.63) is 246 Å². The summed E-state index contributed by atoms with van der Waals surface area (Å²) in [7, 11) is 0. The van der Waals surface area contributed by atoms with Gasteiger partial charge in [0.1, 0.15) is 0 Å². The molecule has 290 valence electrons. The third kappa shape index (κ3) is 5.40. The Morgan fingerprint density at radius 1 is 0.344 bits per heavy atom. The molecule has 0 heterocycles. The minimum Gasteiger partial charge on any atom is -0.310 e. The van der Waals surface area contributed by atoms with Crippen molar-refractivity contribution in [3.63, 3.8) is 0 Å². The maximum atomic E-state index is 2.51. The number of benzene rings is 9. The van der Waals surface area contributed by atoms with E-state index in [0.717, 1.165) is 24.2 Å². The molecule has 9 aromatic carbocycles. The molecular formula is C60H45N. The first-order valence-corrected chi connectivity index (χ1v) is 21.7. The van der Waals surface area contributed by atoms with Crippen molar-refractivity contribution in [1.82, 2.24) is 0 Å². The third-order valence-electron chi connectivity index (χ3n) is 14.1. The quantitative estimate of drug-likeness (QED) is 0.162. The van der Waals surface area contributed by atoms with Crippen molar-refractivity contribution in [3.8, 4) is 55.6 Å². The Morgan fingerprint density at radius 3 is 1.51 bits per heavy atom. The molecule has 61 heavy (non-hydrogen) atoms. The van der Waals surface area contributed by atoms with Gasteiger partial charge in [0, 0.05) is 27.9 Å². The second-order valence-electron chi connectivity index (χ2n) is 17.6. The fraction of sp³-hybridized carbons (Fsp3) is 0.100. The van der Waals surface area contributed by atoms with Crippen LogP contribution in [-0.4, -0.2) is 0 Å². The lowest BCUT2D eigenvalue weighted by Gasteiger charge is -2.31. The van der Waals surface area contributed by atoms with Crippen LogP contribution >= 0.6 is 0 Å². The summed E-state index contributed by atoms with van der Waals surface area (Å²) >= 11 is 0. The van der Waals surface area contributed by atoms with Crippen LogP contribution in [0.5, 0.6) is 0 Å². The Bertz CT molecular complexity index is 3140. The van der Waals surface area contributed by atoms with Gasteiger partial charge in [0.15, 0.2) is 0 Å². The molecular weight excluding hydrogens is 735 g/mol. The van der Waals surface area contributed by atoms with E-state index in [1.165, 1.54) is 94.7 Å². The highest BCUT2D eigenvalue weighted by Crippen LogP contribution is 2.59. The summed E-state index contributed by atoms with van der Waals surface area (Å²) in [4.78, 5) is 2.46. The van der Waals surface area contributed by atoms with Crippen LogP contribution in [0.3, 0.4) is 0 Å². The number of rotatable bonds is 6. The highest BCUT2D eigenvalue weighted by atomic mass is 15.1. The van der Waals surface area contributed by atoms with Crippen LogP contribution in [-0.2, 0) is 17.3 Å². The molecule has 0 N–H and O–H groups in total. The first-order chi connectivity index (χ1) is 30.0. The average molecular weight is 780 g/mol. The number of anilines is 3. The van der Waals surface area contributed by atoms with Gasteiger partial charge in [0.2, 0.25) is 0 Å². The summed E-state index contributed by atoms with van der Waals surface area (Å²) in [5.41, 5.74) is 24.6. The molecule has 0 aromatic heterocycles. The van der Waals surface area contributed by atoms with E-state index in [2.05, 4.69) is 231 Å². The fourth-order valence-corrected chi connectivity index (χ4v) is 11.3. The van der Waals surface area contributed by atoms with Crippen LogP contribution in [0, 0.1) is 0 Å². The first-order valence-electron chi connectivity index (χ1n) is 21.7. The largest absolute Gasteiger partial charge is 0.310 e. The molecule has 3 aliphatic rings. The van der Waals surface area contributed by atoms with E-state index >= 15 is 0 Å². The zero-order valence-corrected chi connectivity index (χ0v) is 34.6. The van der Waals surface area contributed by atoms with E-state index in [1.807, 2.05) is 0 Å². The Morgan fingerprint density at radius 2 is 0.820 bits per heavy atom. The van der Waals surface area contributed by atoms with Crippen molar-refractivity contribution in [2.45, 2.75) is 37.5 Å². The zero-order chi connectivity index (χ0) is 40.7. The molecule has 12 rings (SSSR count). The molecule has 0 amide bonds. The van der Waals surface area contributed by atoms with E-state index in [9.17, 15) is 0 Å². The lowest BCUT2D eigenvalue weighted by Crippen LogP contribution is -2.24. The smallest absolute Gasteiger partial charge is 0.0470 e. The monoisotopic (exact) mass is 779 g/mol. The summed E-state index contributed by atoms with van der Waals surface area (Å²) in [6.45, 7) is 4.75. The van der Waals surface area contributed by atoms with Crippen molar-refractivity contribution in [1.29, 1.82) is 0 Å². The lowest BCUT2D eigenvalue weighted by molar-refractivity contribution is 0.626. The van der Waals surface area contributed by atoms with Gasteiger partial charge in [-0.15, -0.1) is 0 Å². The van der Waals surface area contributed by atoms with E-state index in [0.29, 0.717) is 0 Å². The number of hydrogen-bond acceptors (Lipinski definition) is 1. The molecule has 0 aliphatic heterocycles. The van der Waals surface area contributed by atoms with Crippen LogP contribution in [0.25, 0.3) is 55.6 Å². The summed E-state index contributed by atoms with van der Waals surface area (Å²) in [5, 5.41) is 0. The molecule has 0 fully saturated rings. The zero-order valence-electron chi connectivity index (χ0n) is 34.6. The van der Waals surface area contributed by atoms with E-state index in [4.69, 9.17) is 0 Å². The van der Waals surface area contributed by atoms with Crippen LogP contribution in [0.1, 0.15) is 53.6 Å². The van der Waals surface area contributed by atoms with E-state index < -0.39 is 0 Å². The van der Waals surface area contributed by atoms with E-state index in [1.54, 1.807) is 0 Å². The van der Waals surface area contributed by atoms with Crippen molar-refractivity contribution < 1.29 is 0 Å². The predicted molar refractivity (Wildman–Crippen MR) is 255 cm³/mol. The van der Waals surface area contributed by atoms with Gasteiger partial charge in [0.05, 0.1) is 0 Å². The van der Waals surface area contributed by atoms with Crippen LogP contribution in [0.15, 0.2) is 212 Å². The van der Waals surface area contributed by atoms with Gasteiger partial charge >= 0.3 is 0 Å².